The van der Waals surface area contributed by atoms with Gasteiger partial charge in [-0.25, -0.2) is 4.98 Å². The van der Waals surface area contributed by atoms with Gasteiger partial charge >= 0.3 is 6.18 Å². The number of nitrogens with one attached hydrogen (secondary N) is 1. The zero-order chi connectivity index (χ0) is 40.7. The number of rotatable bonds is 7. The number of phenolic OH excluding ortho intramolecular Hbond substituents is 1. The van der Waals surface area contributed by atoms with E-state index in [0.717, 1.165) is 12.0 Å². The number of hydrazine groups is 1. The highest BCUT2D eigenvalue weighted by Crippen LogP contribution is 2.65. The summed E-state index contributed by atoms with van der Waals surface area (Å²) in [5, 5.41) is 12.4. The summed E-state index contributed by atoms with van der Waals surface area (Å²) in [6, 6.07) is 17.2. The average molecular weight is 885 g/mol. The fourth-order valence-electron chi connectivity index (χ4n) is 9.23. The molecule has 4 amide bonds. The molecule has 2 N–H and O–H groups in total. The molecule has 294 valence electrons. The molecule has 0 spiro atoms. The molecule has 6 unspecified atom stereocenters. The summed E-state index contributed by atoms with van der Waals surface area (Å²) in [6.07, 6.45) is -1.61. The first-order valence-corrected chi connectivity index (χ1v) is 19.5. The largest absolute Gasteiger partial charge is 0.504 e. The number of amides is 4. The Bertz CT molecular complexity index is 2400. The Morgan fingerprint density at radius 2 is 1.68 bits per heavy atom. The lowest BCUT2D eigenvalue weighted by Gasteiger charge is -2.50. The minimum atomic E-state index is -4.77. The Labute approximate surface area is 342 Å². The Morgan fingerprint density at radius 1 is 0.982 bits per heavy atom. The number of allylic oxidation sites excluding steroid dienone is 2. The molecular formula is C41H32BrCl2F3N4O6. The van der Waals surface area contributed by atoms with Gasteiger partial charge in [-0.15, -0.1) is 0 Å². The van der Waals surface area contributed by atoms with Gasteiger partial charge in [-0.1, -0.05) is 82.0 Å². The van der Waals surface area contributed by atoms with E-state index in [4.69, 9.17) is 27.9 Å². The highest BCUT2D eigenvalue weighted by Gasteiger charge is 2.71. The summed E-state index contributed by atoms with van der Waals surface area (Å²) < 4.78 is 46.6. The lowest BCUT2D eigenvalue weighted by Crippen LogP contribution is -2.53. The van der Waals surface area contributed by atoms with Crippen molar-refractivity contribution < 1.29 is 42.2 Å². The fourth-order valence-corrected chi connectivity index (χ4v) is 10.0. The summed E-state index contributed by atoms with van der Waals surface area (Å²) in [4.78, 5) is 64.1. The van der Waals surface area contributed by atoms with Crippen LogP contribution in [0.1, 0.15) is 47.9 Å². The molecule has 2 saturated heterocycles. The van der Waals surface area contributed by atoms with Gasteiger partial charge in [-0.3, -0.25) is 29.5 Å². The van der Waals surface area contributed by atoms with Gasteiger partial charge in [0.2, 0.25) is 11.8 Å². The van der Waals surface area contributed by atoms with E-state index in [9.17, 15) is 32.7 Å². The third-order valence-electron chi connectivity index (χ3n) is 11.8. The molecule has 3 aromatic carbocycles. The molecule has 6 atom stereocenters. The summed E-state index contributed by atoms with van der Waals surface area (Å²) >= 11 is 16.1. The molecule has 57 heavy (non-hydrogen) atoms. The molecule has 3 heterocycles. The first-order chi connectivity index (χ1) is 27.1. The molecule has 3 fully saturated rings. The van der Waals surface area contributed by atoms with Crippen molar-refractivity contribution >= 4 is 74.3 Å². The highest BCUT2D eigenvalue weighted by molar-refractivity contribution is 9.10. The molecule has 2 aliphatic heterocycles. The number of hydrogen-bond donors (Lipinski definition) is 2. The number of pyridine rings is 1. The number of imide groups is 2. The van der Waals surface area contributed by atoms with Crippen molar-refractivity contribution in [1.82, 2.24) is 9.99 Å². The van der Waals surface area contributed by atoms with Crippen LogP contribution in [0.2, 0.25) is 10.0 Å². The number of ether oxygens (including phenoxy) is 1. The number of benzene rings is 3. The predicted molar refractivity (Wildman–Crippen MR) is 208 cm³/mol. The van der Waals surface area contributed by atoms with Gasteiger partial charge in [0, 0.05) is 27.2 Å². The van der Waals surface area contributed by atoms with Crippen LogP contribution in [0.3, 0.4) is 0 Å². The van der Waals surface area contributed by atoms with E-state index in [-0.39, 0.29) is 35.8 Å². The second-order valence-electron chi connectivity index (χ2n) is 14.5. The summed E-state index contributed by atoms with van der Waals surface area (Å²) in [6.45, 7) is 1.99. The van der Waals surface area contributed by atoms with E-state index in [2.05, 4.69) is 26.3 Å². The number of hydrogen-bond acceptors (Lipinski definition) is 8. The van der Waals surface area contributed by atoms with Crippen LogP contribution in [0.15, 0.2) is 89.0 Å². The van der Waals surface area contributed by atoms with Crippen LogP contribution in [-0.4, -0.2) is 45.8 Å². The number of alkyl halides is 3. The molecule has 4 aliphatic rings. The van der Waals surface area contributed by atoms with Crippen molar-refractivity contribution in [3.63, 3.8) is 0 Å². The number of phenols is 1. The van der Waals surface area contributed by atoms with E-state index in [1.165, 1.54) is 18.1 Å². The van der Waals surface area contributed by atoms with E-state index in [1.807, 2.05) is 25.1 Å². The maximum atomic E-state index is 15.4. The third-order valence-corrected chi connectivity index (χ3v) is 12.8. The van der Waals surface area contributed by atoms with E-state index < -0.39 is 75.3 Å². The lowest BCUT2D eigenvalue weighted by molar-refractivity contribution is -0.139. The molecule has 0 bridgehead atoms. The predicted octanol–water partition coefficient (Wildman–Crippen LogP) is 8.64. The van der Waals surface area contributed by atoms with Crippen LogP contribution in [0.25, 0.3) is 0 Å². The lowest BCUT2D eigenvalue weighted by atomic mass is 9.49. The van der Waals surface area contributed by atoms with Crippen molar-refractivity contribution in [2.45, 2.75) is 43.7 Å². The van der Waals surface area contributed by atoms with Crippen LogP contribution >= 0.6 is 39.1 Å². The van der Waals surface area contributed by atoms with Crippen molar-refractivity contribution in [1.29, 1.82) is 0 Å². The van der Waals surface area contributed by atoms with E-state index >= 15 is 4.79 Å². The molecule has 8 rings (SSSR count). The average Bonchev–Trinajstić information content (AvgIpc) is 3.56. The van der Waals surface area contributed by atoms with Crippen LogP contribution < -0.4 is 15.1 Å². The normalized spacial score (nSPS) is 25.6. The Kier molecular flexibility index (Phi) is 9.68. The zero-order valence-electron chi connectivity index (χ0n) is 30.1. The smallest absolute Gasteiger partial charge is 0.417 e. The van der Waals surface area contributed by atoms with Gasteiger partial charge in [-0.05, 0) is 78.8 Å². The van der Waals surface area contributed by atoms with E-state index in [0.29, 0.717) is 43.6 Å². The first kappa shape index (κ1) is 38.9. The molecule has 2 aliphatic carbocycles. The van der Waals surface area contributed by atoms with Crippen molar-refractivity contribution in [3.8, 4) is 11.5 Å². The molecule has 0 radical (unpaired) electrons. The number of aromatic nitrogens is 1. The molecular weight excluding hydrogens is 852 g/mol. The SMILES string of the molecule is CCc1ccc(N2C(=O)C3CC=C4C(CC5C(=O)N(Nc6ncc(C(F)(F)F)cc6Cl)C(=O)C5(c5ccc(Cl)cc5)C4c4cc(Br)cc(OC)c4O)C3C2=O)cc1. The maximum absolute atomic E-state index is 15.4. The number of halogens is 6. The quantitative estimate of drug-likeness (QED) is 0.140. The minimum Gasteiger partial charge on any atom is -0.504 e. The van der Waals surface area contributed by atoms with Crippen LogP contribution in [-0.2, 0) is 37.2 Å². The zero-order valence-corrected chi connectivity index (χ0v) is 33.2. The number of methoxy groups -OCH3 is 1. The van der Waals surface area contributed by atoms with Gasteiger partial charge in [0.25, 0.3) is 11.8 Å². The standard InChI is InChI=1S/C41H32BrCl2F3N4O6/c1-3-19-4-10-24(11-5-19)50-36(53)26-13-12-25-27(32(26)38(50)55)17-29-37(54)51(49-35-30(44)14-21(18-48-35)41(45,46)47)39(56)40(29,20-6-8-23(43)9-7-20)33(25)28-15-22(42)16-31(57-2)34(28)52/h4-12,14-16,18,26-27,29,32-33,52H,3,13,17H2,1-2H3,(H,48,49). The summed E-state index contributed by atoms with van der Waals surface area (Å²) in [7, 11) is 1.36. The first-order valence-electron chi connectivity index (χ1n) is 18.0. The summed E-state index contributed by atoms with van der Waals surface area (Å²) in [5.41, 5.74) is 2.12. The number of aromatic hydroxyl groups is 1. The second-order valence-corrected chi connectivity index (χ2v) is 16.3. The van der Waals surface area contributed by atoms with Gasteiger partial charge in [0.15, 0.2) is 17.3 Å². The molecule has 1 saturated carbocycles. The van der Waals surface area contributed by atoms with Gasteiger partial charge in [0.1, 0.15) is 0 Å². The monoisotopic (exact) mass is 882 g/mol. The fraction of sp³-hybridized carbons (Fsp3) is 0.293. The molecule has 1 aromatic heterocycles. The Balaban J connectivity index is 1.33. The Morgan fingerprint density at radius 3 is 2.32 bits per heavy atom. The Hall–Kier alpha value is -4.92. The molecule has 10 nitrogen and oxygen atoms in total. The van der Waals surface area contributed by atoms with Crippen LogP contribution in [0.4, 0.5) is 24.7 Å². The number of nitrogens with zero attached hydrogens (tertiary/aromatic N) is 3. The second kappa shape index (κ2) is 14.2. The summed E-state index contributed by atoms with van der Waals surface area (Å²) in [5.74, 6) is -8.01. The van der Waals surface area contributed by atoms with Crippen molar-refractivity contribution in [2.24, 2.45) is 23.7 Å². The number of aryl methyl sites for hydroxylation is 1. The number of anilines is 2. The molecule has 16 heteroatoms. The molecule has 4 aromatic rings. The van der Waals surface area contributed by atoms with E-state index in [1.54, 1.807) is 42.5 Å². The van der Waals surface area contributed by atoms with Crippen molar-refractivity contribution in [2.75, 3.05) is 17.4 Å². The highest BCUT2D eigenvalue weighted by atomic mass is 79.9. The van der Waals surface area contributed by atoms with Gasteiger partial charge in [0.05, 0.1) is 46.6 Å². The number of fused-ring (bicyclic) bond motifs is 4. The van der Waals surface area contributed by atoms with Crippen molar-refractivity contribution in [3.05, 3.63) is 121 Å². The van der Waals surface area contributed by atoms with Crippen LogP contribution in [0, 0.1) is 23.7 Å². The maximum Gasteiger partial charge on any atom is 0.417 e. The minimum absolute atomic E-state index is 0.0555. The van der Waals surface area contributed by atoms with Crippen LogP contribution in [0.5, 0.6) is 11.5 Å². The topological polar surface area (TPSA) is 129 Å². The number of carbonyl (C=O) groups excluding carboxylic acids is 4. The third kappa shape index (κ3) is 6.01. The van der Waals surface area contributed by atoms with Gasteiger partial charge in [-0.2, -0.15) is 18.2 Å². The number of carbonyl (C=O) groups is 4. The van der Waals surface area contributed by atoms with Gasteiger partial charge < -0.3 is 9.84 Å².